The molecule has 2 aromatic carbocycles. The van der Waals surface area contributed by atoms with Gasteiger partial charge in [0.25, 0.3) is 5.91 Å². The fraction of sp³-hybridized carbons (Fsp3) is 0.381. The van der Waals surface area contributed by atoms with Gasteiger partial charge in [-0.3, -0.25) is 9.69 Å². The molecule has 156 valence electrons. The largest absolute Gasteiger partial charge is 0.411 e. The van der Waals surface area contributed by atoms with Crippen LogP contribution in [0.2, 0.25) is 0 Å². The van der Waals surface area contributed by atoms with Gasteiger partial charge in [0.05, 0.1) is 6.61 Å². The number of anilines is 1. The van der Waals surface area contributed by atoms with E-state index in [-0.39, 0.29) is 12.5 Å². The Bertz CT molecular complexity index is 806. The Morgan fingerprint density at radius 1 is 1.07 bits per heavy atom. The SMILES string of the molecule is O=C(Nc1cccc(CN2CCSCC2)c1)c1ccc(COCC(F)(F)F)cc1. The van der Waals surface area contributed by atoms with Gasteiger partial charge in [-0.1, -0.05) is 24.3 Å². The summed E-state index contributed by atoms with van der Waals surface area (Å²) < 4.78 is 41.0. The van der Waals surface area contributed by atoms with Crippen LogP contribution in [-0.2, 0) is 17.9 Å². The van der Waals surface area contributed by atoms with E-state index in [1.807, 2.05) is 36.0 Å². The number of halogens is 3. The molecule has 0 aliphatic carbocycles. The van der Waals surface area contributed by atoms with Crippen molar-refractivity contribution in [2.24, 2.45) is 0 Å². The number of hydrogen-bond acceptors (Lipinski definition) is 4. The van der Waals surface area contributed by atoms with Gasteiger partial charge in [0, 0.05) is 42.4 Å². The maximum Gasteiger partial charge on any atom is 0.411 e. The minimum atomic E-state index is -4.35. The number of rotatable bonds is 7. The zero-order chi connectivity index (χ0) is 20.7. The highest BCUT2D eigenvalue weighted by Gasteiger charge is 2.27. The van der Waals surface area contributed by atoms with Crippen LogP contribution in [0.25, 0.3) is 0 Å². The second-order valence-corrected chi connectivity index (χ2v) is 8.07. The number of thioether (sulfide) groups is 1. The van der Waals surface area contributed by atoms with Crippen molar-refractivity contribution < 1.29 is 22.7 Å². The van der Waals surface area contributed by atoms with Gasteiger partial charge in [0.1, 0.15) is 6.61 Å². The predicted octanol–water partition coefficient (Wildman–Crippen LogP) is 4.57. The molecule has 2 aromatic rings. The van der Waals surface area contributed by atoms with Crippen molar-refractivity contribution in [3.05, 3.63) is 65.2 Å². The molecule has 29 heavy (non-hydrogen) atoms. The third kappa shape index (κ3) is 7.38. The zero-order valence-electron chi connectivity index (χ0n) is 15.9. The first-order chi connectivity index (χ1) is 13.9. The highest BCUT2D eigenvalue weighted by atomic mass is 32.2. The molecule has 1 aliphatic rings. The van der Waals surface area contributed by atoms with Crippen LogP contribution in [0.15, 0.2) is 48.5 Å². The molecule has 0 bridgehead atoms. The number of amides is 1. The van der Waals surface area contributed by atoms with Gasteiger partial charge in [0.15, 0.2) is 0 Å². The van der Waals surface area contributed by atoms with Crippen LogP contribution in [0.3, 0.4) is 0 Å². The fourth-order valence-corrected chi connectivity index (χ4v) is 3.98. The Balaban J connectivity index is 1.53. The summed E-state index contributed by atoms with van der Waals surface area (Å²) in [5, 5.41) is 2.88. The second kappa shape index (κ2) is 10.1. The van der Waals surface area contributed by atoms with Crippen molar-refractivity contribution in [2.45, 2.75) is 19.3 Å². The third-order valence-electron chi connectivity index (χ3n) is 4.45. The smallest absolute Gasteiger partial charge is 0.367 e. The molecular weight excluding hydrogens is 401 g/mol. The van der Waals surface area contributed by atoms with Crippen LogP contribution in [0, 0.1) is 0 Å². The Morgan fingerprint density at radius 3 is 2.48 bits per heavy atom. The molecule has 1 saturated heterocycles. The van der Waals surface area contributed by atoms with E-state index in [2.05, 4.69) is 15.0 Å². The highest BCUT2D eigenvalue weighted by molar-refractivity contribution is 7.99. The zero-order valence-corrected chi connectivity index (χ0v) is 16.7. The van der Waals surface area contributed by atoms with E-state index in [0.717, 1.165) is 42.4 Å². The monoisotopic (exact) mass is 424 g/mol. The Hall–Kier alpha value is -2.03. The molecule has 4 nitrogen and oxygen atoms in total. The molecule has 1 aliphatic heterocycles. The van der Waals surface area contributed by atoms with Gasteiger partial charge in [-0.05, 0) is 35.4 Å². The lowest BCUT2D eigenvalue weighted by Crippen LogP contribution is -2.31. The van der Waals surface area contributed by atoms with Gasteiger partial charge in [-0.2, -0.15) is 24.9 Å². The van der Waals surface area contributed by atoms with E-state index in [1.54, 1.807) is 24.3 Å². The molecule has 1 fully saturated rings. The first-order valence-corrected chi connectivity index (χ1v) is 10.5. The maximum atomic E-state index is 12.5. The molecule has 1 N–H and O–H groups in total. The van der Waals surface area contributed by atoms with Gasteiger partial charge < -0.3 is 10.1 Å². The fourth-order valence-electron chi connectivity index (χ4n) is 3.01. The molecule has 0 radical (unpaired) electrons. The summed E-state index contributed by atoms with van der Waals surface area (Å²) in [7, 11) is 0. The van der Waals surface area contributed by atoms with Gasteiger partial charge >= 0.3 is 6.18 Å². The van der Waals surface area contributed by atoms with E-state index < -0.39 is 12.8 Å². The molecule has 1 heterocycles. The Morgan fingerprint density at radius 2 is 1.79 bits per heavy atom. The topological polar surface area (TPSA) is 41.6 Å². The van der Waals surface area contributed by atoms with E-state index in [9.17, 15) is 18.0 Å². The summed E-state index contributed by atoms with van der Waals surface area (Å²) in [6.45, 7) is 1.55. The molecule has 0 saturated carbocycles. The molecule has 0 atom stereocenters. The van der Waals surface area contributed by atoms with Crippen molar-refractivity contribution in [1.82, 2.24) is 4.90 Å². The van der Waals surface area contributed by atoms with E-state index in [4.69, 9.17) is 0 Å². The number of benzene rings is 2. The summed E-state index contributed by atoms with van der Waals surface area (Å²) in [6.07, 6.45) is -4.35. The minimum absolute atomic E-state index is 0.154. The average Bonchev–Trinajstić information content (AvgIpc) is 2.68. The summed E-state index contributed by atoms with van der Waals surface area (Å²) in [4.78, 5) is 14.9. The summed E-state index contributed by atoms with van der Waals surface area (Å²) >= 11 is 1.97. The van der Waals surface area contributed by atoms with Crippen molar-refractivity contribution in [1.29, 1.82) is 0 Å². The van der Waals surface area contributed by atoms with Crippen molar-refractivity contribution in [2.75, 3.05) is 36.5 Å². The van der Waals surface area contributed by atoms with Gasteiger partial charge in [0.2, 0.25) is 0 Å². The van der Waals surface area contributed by atoms with Gasteiger partial charge in [-0.15, -0.1) is 0 Å². The molecule has 0 aromatic heterocycles. The third-order valence-corrected chi connectivity index (χ3v) is 5.39. The normalized spacial score (nSPS) is 15.3. The van der Waals surface area contributed by atoms with Crippen LogP contribution in [-0.4, -0.2) is 48.2 Å². The Kier molecular flexibility index (Phi) is 7.57. The summed E-state index contributed by atoms with van der Waals surface area (Å²) in [6, 6.07) is 14.1. The number of nitrogens with one attached hydrogen (secondary N) is 1. The maximum absolute atomic E-state index is 12.5. The number of hydrogen-bond donors (Lipinski definition) is 1. The van der Waals surface area contributed by atoms with Crippen molar-refractivity contribution in [3.8, 4) is 0 Å². The van der Waals surface area contributed by atoms with Crippen LogP contribution in [0.1, 0.15) is 21.5 Å². The van der Waals surface area contributed by atoms with Crippen molar-refractivity contribution >= 4 is 23.4 Å². The molecule has 1 amide bonds. The van der Waals surface area contributed by atoms with Crippen molar-refractivity contribution in [3.63, 3.8) is 0 Å². The quantitative estimate of drug-likeness (QED) is 0.707. The van der Waals surface area contributed by atoms with Crippen LogP contribution >= 0.6 is 11.8 Å². The number of ether oxygens (including phenoxy) is 1. The minimum Gasteiger partial charge on any atom is -0.367 e. The van der Waals surface area contributed by atoms with Crippen LogP contribution in [0.5, 0.6) is 0 Å². The highest BCUT2D eigenvalue weighted by Crippen LogP contribution is 2.18. The number of carbonyl (C=O) groups is 1. The predicted molar refractivity (Wildman–Crippen MR) is 109 cm³/mol. The lowest BCUT2D eigenvalue weighted by molar-refractivity contribution is -0.176. The first-order valence-electron chi connectivity index (χ1n) is 9.33. The average molecular weight is 424 g/mol. The molecule has 8 heteroatoms. The van der Waals surface area contributed by atoms with Gasteiger partial charge in [-0.25, -0.2) is 0 Å². The number of nitrogens with zero attached hydrogens (tertiary/aromatic N) is 1. The van der Waals surface area contributed by atoms with Crippen LogP contribution < -0.4 is 5.32 Å². The standard InChI is InChI=1S/C21H23F3N2O2S/c22-21(23,24)15-28-14-16-4-6-18(7-5-16)20(27)25-19-3-1-2-17(12-19)13-26-8-10-29-11-9-26/h1-7,12H,8-11,13-15H2,(H,25,27). The van der Waals surface area contributed by atoms with Crippen LogP contribution in [0.4, 0.5) is 18.9 Å². The molecule has 0 unspecified atom stereocenters. The first kappa shape index (κ1) is 21.7. The Labute approximate surface area is 172 Å². The van der Waals surface area contributed by atoms with E-state index in [0.29, 0.717) is 11.1 Å². The number of alkyl halides is 3. The van der Waals surface area contributed by atoms with E-state index >= 15 is 0 Å². The summed E-state index contributed by atoms with van der Waals surface area (Å²) in [5.74, 6) is 2.03. The molecular formula is C21H23F3N2O2S. The lowest BCUT2D eigenvalue weighted by atomic mass is 10.1. The molecule has 3 rings (SSSR count). The lowest BCUT2D eigenvalue weighted by Gasteiger charge is -2.26. The van der Waals surface area contributed by atoms with E-state index in [1.165, 1.54) is 0 Å². The second-order valence-electron chi connectivity index (χ2n) is 6.85. The number of carbonyl (C=O) groups excluding carboxylic acids is 1. The summed E-state index contributed by atoms with van der Waals surface area (Å²) in [5.41, 5.74) is 2.87. The molecule has 0 spiro atoms.